The van der Waals surface area contributed by atoms with E-state index in [0.717, 1.165) is 17.4 Å². The van der Waals surface area contributed by atoms with Gasteiger partial charge in [0.15, 0.2) is 11.5 Å². The number of fused-ring (bicyclic) bond motifs is 1. The Labute approximate surface area is 92.4 Å². The molecule has 2 rings (SSSR count). The first-order valence-electron chi connectivity index (χ1n) is 4.73. The molecule has 82 valence electrons. The lowest BCUT2D eigenvalue weighted by Crippen LogP contribution is -1.92. The lowest BCUT2D eigenvalue weighted by molar-refractivity contribution is -0.131. The van der Waals surface area contributed by atoms with Gasteiger partial charge in [0.25, 0.3) is 0 Å². The van der Waals surface area contributed by atoms with Crippen molar-refractivity contribution in [2.24, 2.45) is 0 Å². The predicted molar refractivity (Wildman–Crippen MR) is 58.4 cm³/mol. The van der Waals surface area contributed by atoms with Crippen LogP contribution in [-0.4, -0.2) is 17.9 Å². The Bertz CT molecular complexity index is 460. The summed E-state index contributed by atoms with van der Waals surface area (Å²) in [4.78, 5) is 10.2. The molecule has 0 bridgehead atoms. The first-order chi connectivity index (χ1) is 7.75. The minimum atomic E-state index is -0.963. The van der Waals surface area contributed by atoms with Crippen LogP contribution in [0.3, 0.4) is 0 Å². The van der Waals surface area contributed by atoms with E-state index in [1.165, 1.54) is 6.08 Å². The lowest BCUT2D eigenvalue weighted by atomic mass is 10.2. The van der Waals surface area contributed by atoms with E-state index in [-0.39, 0.29) is 6.79 Å². The topological polar surface area (TPSA) is 55.8 Å². The average Bonchev–Trinajstić information content (AvgIpc) is 2.71. The molecule has 0 unspecified atom stereocenters. The molecule has 0 amide bonds. The van der Waals surface area contributed by atoms with E-state index in [1.807, 2.05) is 18.2 Å². The highest BCUT2D eigenvalue weighted by Gasteiger charge is 2.11. The second kappa shape index (κ2) is 4.53. The van der Waals surface area contributed by atoms with E-state index < -0.39 is 5.97 Å². The number of aliphatic carboxylic acids is 1. The van der Waals surface area contributed by atoms with Crippen LogP contribution in [0.5, 0.6) is 11.5 Å². The molecule has 0 radical (unpaired) electrons. The minimum absolute atomic E-state index is 0.251. The van der Waals surface area contributed by atoms with Crippen LogP contribution in [0.15, 0.2) is 36.4 Å². The fourth-order valence-electron chi connectivity index (χ4n) is 1.32. The summed E-state index contributed by atoms with van der Waals surface area (Å²) in [5.41, 5.74) is 0.930. The zero-order valence-corrected chi connectivity index (χ0v) is 8.42. The quantitative estimate of drug-likeness (QED) is 0.623. The van der Waals surface area contributed by atoms with Gasteiger partial charge in [0.2, 0.25) is 6.79 Å². The van der Waals surface area contributed by atoms with Crippen molar-refractivity contribution in [1.82, 2.24) is 0 Å². The number of allylic oxidation sites excluding steroid dienone is 2. The van der Waals surface area contributed by atoms with E-state index >= 15 is 0 Å². The van der Waals surface area contributed by atoms with Crippen molar-refractivity contribution in [3.63, 3.8) is 0 Å². The van der Waals surface area contributed by atoms with E-state index in [1.54, 1.807) is 12.2 Å². The van der Waals surface area contributed by atoms with Crippen molar-refractivity contribution in [2.75, 3.05) is 6.79 Å². The summed E-state index contributed by atoms with van der Waals surface area (Å²) in [5, 5.41) is 8.38. The zero-order chi connectivity index (χ0) is 11.4. The Morgan fingerprint density at radius 3 is 2.88 bits per heavy atom. The van der Waals surface area contributed by atoms with Crippen molar-refractivity contribution in [3.8, 4) is 11.5 Å². The maximum Gasteiger partial charge on any atom is 0.328 e. The fraction of sp³-hybridized carbons (Fsp3) is 0.0833. The fourth-order valence-corrected chi connectivity index (χ4v) is 1.32. The molecular formula is C12H10O4. The maximum atomic E-state index is 10.2. The molecule has 1 aromatic carbocycles. The van der Waals surface area contributed by atoms with E-state index in [0.29, 0.717) is 5.75 Å². The molecule has 1 aliphatic heterocycles. The molecular weight excluding hydrogens is 208 g/mol. The van der Waals surface area contributed by atoms with Crippen LogP contribution in [0.1, 0.15) is 5.56 Å². The summed E-state index contributed by atoms with van der Waals surface area (Å²) >= 11 is 0. The van der Waals surface area contributed by atoms with Gasteiger partial charge >= 0.3 is 5.97 Å². The highest BCUT2D eigenvalue weighted by atomic mass is 16.7. The summed E-state index contributed by atoms with van der Waals surface area (Å²) in [5.74, 6) is 0.484. The van der Waals surface area contributed by atoms with Gasteiger partial charge in [-0.15, -0.1) is 0 Å². The van der Waals surface area contributed by atoms with E-state index in [4.69, 9.17) is 14.6 Å². The van der Waals surface area contributed by atoms with Crippen LogP contribution in [0.25, 0.3) is 6.08 Å². The van der Waals surface area contributed by atoms with Crippen LogP contribution in [0.4, 0.5) is 0 Å². The van der Waals surface area contributed by atoms with E-state index in [2.05, 4.69) is 0 Å². The Hall–Kier alpha value is -2.23. The Morgan fingerprint density at radius 2 is 2.06 bits per heavy atom. The number of hydrogen-bond acceptors (Lipinski definition) is 3. The van der Waals surface area contributed by atoms with Crippen LogP contribution >= 0.6 is 0 Å². The van der Waals surface area contributed by atoms with Crippen molar-refractivity contribution < 1.29 is 19.4 Å². The highest BCUT2D eigenvalue weighted by molar-refractivity contribution is 5.80. The number of carboxylic acids is 1. The molecule has 1 N–H and O–H groups in total. The Kier molecular flexibility index (Phi) is 2.91. The van der Waals surface area contributed by atoms with Gasteiger partial charge in [0.05, 0.1) is 0 Å². The highest BCUT2D eigenvalue weighted by Crippen LogP contribution is 2.32. The smallest absolute Gasteiger partial charge is 0.328 e. The van der Waals surface area contributed by atoms with Gasteiger partial charge in [-0.2, -0.15) is 0 Å². The van der Waals surface area contributed by atoms with Gasteiger partial charge in [-0.3, -0.25) is 0 Å². The van der Waals surface area contributed by atoms with Crippen molar-refractivity contribution in [3.05, 3.63) is 42.0 Å². The molecule has 0 saturated heterocycles. The number of ether oxygens (including phenoxy) is 2. The SMILES string of the molecule is O=C(O)/C=C/C=Cc1ccc2c(c1)OCO2. The standard InChI is InChI=1S/C12H10O4/c13-12(14)4-2-1-3-9-5-6-10-11(7-9)16-8-15-10/h1-7H,8H2,(H,13,14)/b3-1?,4-2+. The summed E-state index contributed by atoms with van der Waals surface area (Å²) < 4.78 is 10.4. The molecule has 1 aromatic rings. The van der Waals surface area contributed by atoms with Crippen molar-refractivity contribution in [2.45, 2.75) is 0 Å². The molecule has 0 aliphatic carbocycles. The van der Waals surface area contributed by atoms with Crippen LogP contribution in [0, 0.1) is 0 Å². The molecule has 1 heterocycles. The molecule has 0 atom stereocenters. The van der Waals surface area contributed by atoms with Gasteiger partial charge < -0.3 is 14.6 Å². The predicted octanol–water partition coefficient (Wildman–Crippen LogP) is 2.07. The molecule has 0 spiro atoms. The normalized spacial score (nSPS) is 13.8. The van der Waals surface area contributed by atoms with Gasteiger partial charge in [0.1, 0.15) is 0 Å². The molecule has 0 saturated carbocycles. The second-order valence-electron chi connectivity index (χ2n) is 3.17. The van der Waals surface area contributed by atoms with Gasteiger partial charge in [-0.1, -0.05) is 24.3 Å². The molecule has 0 aromatic heterocycles. The van der Waals surface area contributed by atoms with Crippen molar-refractivity contribution >= 4 is 12.0 Å². The van der Waals surface area contributed by atoms with Gasteiger partial charge in [-0.05, 0) is 17.7 Å². The number of carboxylic acid groups (broad SMARTS) is 1. The molecule has 4 heteroatoms. The summed E-state index contributed by atoms with van der Waals surface area (Å²) in [6.45, 7) is 0.251. The van der Waals surface area contributed by atoms with Gasteiger partial charge in [-0.25, -0.2) is 4.79 Å². The van der Waals surface area contributed by atoms with Gasteiger partial charge in [0, 0.05) is 6.08 Å². The first-order valence-corrected chi connectivity index (χ1v) is 4.73. The molecule has 4 nitrogen and oxygen atoms in total. The van der Waals surface area contributed by atoms with Crippen molar-refractivity contribution in [1.29, 1.82) is 0 Å². The second-order valence-corrected chi connectivity index (χ2v) is 3.17. The number of hydrogen-bond donors (Lipinski definition) is 1. The number of rotatable bonds is 3. The Morgan fingerprint density at radius 1 is 1.25 bits per heavy atom. The van der Waals surface area contributed by atoms with Crippen LogP contribution < -0.4 is 9.47 Å². The summed E-state index contributed by atoms with van der Waals surface area (Å²) in [7, 11) is 0. The summed E-state index contributed by atoms with van der Waals surface area (Å²) in [6.07, 6.45) is 5.99. The zero-order valence-electron chi connectivity index (χ0n) is 8.42. The maximum absolute atomic E-state index is 10.2. The van der Waals surface area contributed by atoms with Crippen LogP contribution in [-0.2, 0) is 4.79 Å². The largest absolute Gasteiger partial charge is 0.478 e. The molecule has 1 aliphatic rings. The first kappa shape index (κ1) is 10.3. The number of benzene rings is 1. The summed E-state index contributed by atoms with van der Waals surface area (Å²) in [6, 6.07) is 5.54. The third kappa shape index (κ3) is 2.42. The monoisotopic (exact) mass is 218 g/mol. The minimum Gasteiger partial charge on any atom is -0.478 e. The molecule has 0 fully saturated rings. The molecule has 16 heavy (non-hydrogen) atoms. The number of carbonyl (C=O) groups is 1. The average molecular weight is 218 g/mol. The third-order valence-electron chi connectivity index (χ3n) is 2.04. The lowest BCUT2D eigenvalue weighted by Gasteiger charge is -1.96. The Balaban J connectivity index is 2.08. The third-order valence-corrected chi connectivity index (χ3v) is 2.04. The van der Waals surface area contributed by atoms with Crippen LogP contribution in [0.2, 0.25) is 0 Å². The van der Waals surface area contributed by atoms with E-state index in [9.17, 15) is 4.79 Å².